The zero-order valence-electron chi connectivity index (χ0n) is 15.7. The normalized spacial score (nSPS) is 16.8. The van der Waals surface area contributed by atoms with Crippen molar-refractivity contribution in [1.82, 2.24) is 15.2 Å². The molecule has 144 valence electrons. The number of aromatic nitrogens is 1. The molecule has 0 unspecified atom stereocenters. The number of hydrogen-bond acceptors (Lipinski definition) is 5. The molecular weight excluding hydrogens is 346 g/mol. The number of likely N-dealkylation sites (tertiary alicyclic amines) is 1. The van der Waals surface area contributed by atoms with Crippen molar-refractivity contribution in [2.75, 3.05) is 20.2 Å². The summed E-state index contributed by atoms with van der Waals surface area (Å²) in [5.41, 5.74) is 1.07. The van der Waals surface area contributed by atoms with E-state index in [1.807, 2.05) is 24.3 Å². The number of oxazole rings is 1. The van der Waals surface area contributed by atoms with Crippen molar-refractivity contribution in [3.8, 4) is 5.75 Å². The topological polar surface area (TPSA) is 84.7 Å². The molecule has 1 saturated heterocycles. The first-order chi connectivity index (χ1) is 13.1. The first-order valence-electron chi connectivity index (χ1n) is 9.18. The standard InChI is InChI=1S/C20H25N3O4/c1-14(24)21-13-19(25)23-9-4-3-8-18(23)20-22-12-17(27-20)11-15-6-5-7-16(10-15)26-2/h5-7,10,12,18H,3-4,8-9,11,13H2,1-2H3,(H,21,24)/t18-/m0/s1. The van der Waals surface area contributed by atoms with E-state index < -0.39 is 0 Å². The van der Waals surface area contributed by atoms with E-state index in [2.05, 4.69) is 10.3 Å². The van der Waals surface area contributed by atoms with Crippen molar-refractivity contribution in [3.05, 3.63) is 47.7 Å². The van der Waals surface area contributed by atoms with E-state index in [-0.39, 0.29) is 24.4 Å². The molecule has 0 spiro atoms. The van der Waals surface area contributed by atoms with Crippen LogP contribution in [-0.4, -0.2) is 41.9 Å². The Bertz CT molecular complexity index is 802. The summed E-state index contributed by atoms with van der Waals surface area (Å²) in [6.45, 7) is 2.06. The molecule has 1 N–H and O–H groups in total. The molecule has 1 atom stereocenters. The third-order valence-corrected chi connectivity index (χ3v) is 4.68. The fraction of sp³-hybridized carbons (Fsp3) is 0.450. The number of hydrogen-bond donors (Lipinski definition) is 1. The van der Waals surface area contributed by atoms with Crippen LogP contribution in [0.25, 0.3) is 0 Å². The number of ether oxygens (including phenoxy) is 1. The highest BCUT2D eigenvalue weighted by Crippen LogP contribution is 2.31. The number of rotatable bonds is 6. The van der Waals surface area contributed by atoms with Gasteiger partial charge >= 0.3 is 0 Å². The molecule has 1 aromatic carbocycles. The van der Waals surface area contributed by atoms with Crippen LogP contribution in [0.4, 0.5) is 0 Å². The number of nitrogens with one attached hydrogen (secondary N) is 1. The Labute approximate surface area is 158 Å². The van der Waals surface area contributed by atoms with Gasteiger partial charge in [0, 0.05) is 19.9 Å². The summed E-state index contributed by atoms with van der Waals surface area (Å²) in [4.78, 5) is 29.8. The number of piperidine rings is 1. The van der Waals surface area contributed by atoms with Crippen LogP contribution in [0.1, 0.15) is 49.4 Å². The average molecular weight is 371 g/mol. The van der Waals surface area contributed by atoms with E-state index in [4.69, 9.17) is 9.15 Å². The van der Waals surface area contributed by atoms with Gasteiger partial charge in [-0.3, -0.25) is 9.59 Å². The summed E-state index contributed by atoms with van der Waals surface area (Å²) in [5, 5.41) is 2.57. The minimum atomic E-state index is -0.214. The van der Waals surface area contributed by atoms with E-state index in [1.165, 1.54) is 6.92 Å². The van der Waals surface area contributed by atoms with Crippen molar-refractivity contribution < 1.29 is 18.7 Å². The lowest BCUT2D eigenvalue weighted by Crippen LogP contribution is -2.44. The molecule has 0 bridgehead atoms. The molecule has 0 saturated carbocycles. The molecule has 0 aliphatic carbocycles. The predicted molar refractivity (Wildman–Crippen MR) is 99.3 cm³/mol. The first kappa shape index (κ1) is 18.9. The Hall–Kier alpha value is -2.83. The van der Waals surface area contributed by atoms with Gasteiger partial charge in [0.1, 0.15) is 17.6 Å². The molecule has 3 rings (SSSR count). The Morgan fingerprint density at radius 1 is 1.37 bits per heavy atom. The van der Waals surface area contributed by atoms with Gasteiger partial charge < -0.3 is 19.4 Å². The highest BCUT2D eigenvalue weighted by Gasteiger charge is 2.31. The molecule has 1 aromatic heterocycles. The van der Waals surface area contributed by atoms with Gasteiger partial charge in [0.15, 0.2) is 0 Å². The molecule has 27 heavy (non-hydrogen) atoms. The Balaban J connectivity index is 1.70. The lowest BCUT2D eigenvalue weighted by molar-refractivity contribution is -0.136. The second-order valence-corrected chi connectivity index (χ2v) is 6.70. The molecule has 2 heterocycles. The molecular formula is C20H25N3O4. The molecule has 1 aliphatic rings. The summed E-state index contributed by atoms with van der Waals surface area (Å²) in [6, 6.07) is 7.63. The second-order valence-electron chi connectivity index (χ2n) is 6.70. The highest BCUT2D eigenvalue weighted by atomic mass is 16.5. The minimum absolute atomic E-state index is 0.00318. The van der Waals surface area contributed by atoms with Crippen LogP contribution in [-0.2, 0) is 16.0 Å². The number of nitrogens with zero attached hydrogens (tertiary/aromatic N) is 2. The monoisotopic (exact) mass is 371 g/mol. The van der Waals surface area contributed by atoms with E-state index >= 15 is 0 Å². The zero-order valence-corrected chi connectivity index (χ0v) is 15.7. The number of amides is 2. The Morgan fingerprint density at radius 2 is 2.22 bits per heavy atom. The van der Waals surface area contributed by atoms with Crippen LogP contribution in [0.5, 0.6) is 5.75 Å². The molecule has 0 radical (unpaired) electrons. The molecule has 7 heteroatoms. The molecule has 1 fully saturated rings. The Kier molecular flexibility index (Phi) is 6.11. The van der Waals surface area contributed by atoms with Crippen LogP contribution >= 0.6 is 0 Å². The lowest BCUT2D eigenvalue weighted by Gasteiger charge is -2.33. The van der Waals surface area contributed by atoms with Gasteiger partial charge in [0.2, 0.25) is 17.7 Å². The zero-order chi connectivity index (χ0) is 19.2. The lowest BCUT2D eigenvalue weighted by atomic mass is 10.0. The fourth-order valence-electron chi connectivity index (χ4n) is 3.33. The number of carbonyl (C=O) groups excluding carboxylic acids is 2. The summed E-state index contributed by atoms with van der Waals surface area (Å²) in [7, 11) is 1.64. The maximum Gasteiger partial charge on any atom is 0.242 e. The molecule has 2 aromatic rings. The quantitative estimate of drug-likeness (QED) is 0.843. The summed E-state index contributed by atoms with van der Waals surface area (Å²) in [6.07, 6.45) is 5.10. The maximum absolute atomic E-state index is 12.5. The van der Waals surface area contributed by atoms with E-state index in [9.17, 15) is 9.59 Å². The van der Waals surface area contributed by atoms with Crippen molar-refractivity contribution in [1.29, 1.82) is 0 Å². The summed E-state index contributed by atoms with van der Waals surface area (Å²) in [5.74, 6) is 1.78. The summed E-state index contributed by atoms with van der Waals surface area (Å²) >= 11 is 0. The third-order valence-electron chi connectivity index (χ3n) is 4.68. The molecule has 2 amide bonds. The average Bonchev–Trinajstić information content (AvgIpc) is 3.14. The first-order valence-corrected chi connectivity index (χ1v) is 9.18. The maximum atomic E-state index is 12.5. The Morgan fingerprint density at radius 3 is 3.00 bits per heavy atom. The second kappa shape index (κ2) is 8.70. The SMILES string of the molecule is COc1cccc(Cc2cnc([C@@H]3CCCCN3C(=O)CNC(C)=O)o2)c1. The number of benzene rings is 1. The van der Waals surface area contributed by atoms with Crippen LogP contribution in [0.3, 0.4) is 0 Å². The van der Waals surface area contributed by atoms with Crippen molar-refractivity contribution in [2.45, 2.75) is 38.6 Å². The van der Waals surface area contributed by atoms with Gasteiger partial charge in [-0.05, 0) is 37.0 Å². The minimum Gasteiger partial charge on any atom is -0.497 e. The highest BCUT2D eigenvalue weighted by molar-refractivity contribution is 5.84. The fourth-order valence-corrected chi connectivity index (χ4v) is 3.33. The van der Waals surface area contributed by atoms with Crippen molar-refractivity contribution >= 4 is 11.8 Å². The van der Waals surface area contributed by atoms with E-state index in [0.29, 0.717) is 18.9 Å². The van der Waals surface area contributed by atoms with Crippen LogP contribution in [0.15, 0.2) is 34.9 Å². The smallest absolute Gasteiger partial charge is 0.242 e. The van der Waals surface area contributed by atoms with E-state index in [0.717, 1.165) is 36.3 Å². The van der Waals surface area contributed by atoms with Gasteiger partial charge in [-0.1, -0.05) is 12.1 Å². The number of carbonyl (C=O) groups is 2. The number of methoxy groups -OCH3 is 1. The van der Waals surface area contributed by atoms with E-state index in [1.54, 1.807) is 18.2 Å². The van der Waals surface area contributed by atoms with Crippen LogP contribution < -0.4 is 10.1 Å². The van der Waals surface area contributed by atoms with Crippen LogP contribution in [0, 0.1) is 0 Å². The van der Waals surface area contributed by atoms with Crippen molar-refractivity contribution in [2.24, 2.45) is 0 Å². The molecule has 1 aliphatic heterocycles. The van der Waals surface area contributed by atoms with Gasteiger partial charge in [-0.25, -0.2) is 4.98 Å². The van der Waals surface area contributed by atoms with Crippen molar-refractivity contribution in [3.63, 3.8) is 0 Å². The van der Waals surface area contributed by atoms with Gasteiger partial charge in [0.05, 0.1) is 19.9 Å². The molecule has 7 nitrogen and oxygen atoms in total. The predicted octanol–water partition coefficient (Wildman–Crippen LogP) is 2.46. The van der Waals surface area contributed by atoms with Gasteiger partial charge in [0.25, 0.3) is 0 Å². The van der Waals surface area contributed by atoms with Crippen LogP contribution in [0.2, 0.25) is 0 Å². The van der Waals surface area contributed by atoms with Gasteiger partial charge in [-0.2, -0.15) is 0 Å². The third kappa shape index (κ3) is 4.87. The summed E-state index contributed by atoms with van der Waals surface area (Å²) < 4.78 is 11.2. The van der Waals surface area contributed by atoms with Gasteiger partial charge in [-0.15, -0.1) is 0 Å². The largest absolute Gasteiger partial charge is 0.497 e.